The molecule has 0 aliphatic heterocycles. The number of nitrogens with one attached hydrogen (secondary N) is 1. The molecule has 0 fully saturated rings. The number of rotatable bonds is 6. The van der Waals surface area contributed by atoms with Crippen LogP contribution in [0.15, 0.2) is 84.0 Å². The summed E-state index contributed by atoms with van der Waals surface area (Å²) in [5, 5.41) is 4.27. The van der Waals surface area contributed by atoms with Crippen molar-refractivity contribution in [1.29, 1.82) is 0 Å². The second-order valence-corrected chi connectivity index (χ2v) is 7.52. The maximum Gasteiger partial charge on any atom is 0.127 e. The van der Waals surface area contributed by atoms with E-state index in [-0.39, 0.29) is 5.41 Å². The molecule has 3 heteroatoms. The number of hydrogen-bond donors (Lipinski definition) is 1. The molecule has 0 saturated heterocycles. The van der Waals surface area contributed by atoms with Crippen molar-refractivity contribution < 1.29 is 4.74 Å². The van der Waals surface area contributed by atoms with E-state index in [9.17, 15) is 0 Å². The standard InChI is InChI=1S/C24H26N2O/c1-24(2,3)21-11-15-23(16-12-21)27-22-13-9-20(10-14-22)18-26-25-17-19-7-5-4-6-8-19/h4-16,18,25H,17H2,1-3H3. The summed E-state index contributed by atoms with van der Waals surface area (Å²) in [6.45, 7) is 7.33. The van der Waals surface area contributed by atoms with E-state index in [0.717, 1.165) is 17.1 Å². The Morgan fingerprint density at radius 2 is 1.41 bits per heavy atom. The van der Waals surface area contributed by atoms with Gasteiger partial charge >= 0.3 is 0 Å². The van der Waals surface area contributed by atoms with Crippen LogP contribution >= 0.6 is 0 Å². The van der Waals surface area contributed by atoms with Gasteiger partial charge in [0.1, 0.15) is 11.5 Å². The molecule has 0 aliphatic carbocycles. The van der Waals surface area contributed by atoms with E-state index in [1.807, 2.05) is 60.8 Å². The lowest BCUT2D eigenvalue weighted by Gasteiger charge is -2.19. The third-order valence-electron chi connectivity index (χ3n) is 4.27. The largest absolute Gasteiger partial charge is 0.457 e. The van der Waals surface area contributed by atoms with Gasteiger partial charge in [0.25, 0.3) is 0 Å². The first-order chi connectivity index (χ1) is 13.0. The molecule has 0 saturated carbocycles. The minimum absolute atomic E-state index is 0.147. The lowest BCUT2D eigenvalue weighted by atomic mass is 9.87. The van der Waals surface area contributed by atoms with E-state index in [4.69, 9.17) is 4.74 Å². The number of hydrogen-bond acceptors (Lipinski definition) is 3. The van der Waals surface area contributed by atoms with E-state index in [1.165, 1.54) is 11.1 Å². The van der Waals surface area contributed by atoms with Crippen molar-refractivity contribution in [2.75, 3.05) is 0 Å². The molecule has 3 aromatic rings. The smallest absolute Gasteiger partial charge is 0.127 e. The van der Waals surface area contributed by atoms with Crippen molar-refractivity contribution >= 4 is 6.21 Å². The van der Waals surface area contributed by atoms with Crippen LogP contribution in [0.1, 0.15) is 37.5 Å². The Balaban J connectivity index is 1.53. The highest BCUT2D eigenvalue weighted by atomic mass is 16.5. The van der Waals surface area contributed by atoms with Gasteiger partial charge in [-0.05, 0) is 58.5 Å². The Kier molecular flexibility index (Phi) is 5.92. The third-order valence-corrected chi connectivity index (χ3v) is 4.27. The van der Waals surface area contributed by atoms with Crippen LogP contribution < -0.4 is 10.2 Å². The number of nitrogens with zero attached hydrogens (tertiary/aromatic N) is 1. The quantitative estimate of drug-likeness (QED) is 0.439. The molecular weight excluding hydrogens is 332 g/mol. The zero-order valence-electron chi connectivity index (χ0n) is 16.1. The third kappa shape index (κ3) is 5.71. The average molecular weight is 358 g/mol. The summed E-state index contributed by atoms with van der Waals surface area (Å²) in [5.41, 5.74) is 6.73. The van der Waals surface area contributed by atoms with Gasteiger partial charge < -0.3 is 10.2 Å². The molecule has 3 rings (SSSR count). The van der Waals surface area contributed by atoms with E-state index >= 15 is 0 Å². The van der Waals surface area contributed by atoms with Crippen LogP contribution in [-0.2, 0) is 12.0 Å². The molecule has 0 spiro atoms. The highest BCUT2D eigenvalue weighted by Gasteiger charge is 2.13. The summed E-state index contributed by atoms with van der Waals surface area (Å²) in [5.74, 6) is 1.65. The van der Waals surface area contributed by atoms with E-state index < -0.39 is 0 Å². The monoisotopic (exact) mass is 358 g/mol. The Morgan fingerprint density at radius 1 is 0.815 bits per heavy atom. The normalized spacial score (nSPS) is 11.5. The van der Waals surface area contributed by atoms with Crippen LogP contribution in [0.2, 0.25) is 0 Å². The Bertz CT molecular complexity index is 861. The summed E-state index contributed by atoms with van der Waals surface area (Å²) in [6.07, 6.45) is 1.81. The van der Waals surface area contributed by atoms with Crippen molar-refractivity contribution in [1.82, 2.24) is 5.43 Å². The van der Waals surface area contributed by atoms with Gasteiger partial charge in [0.05, 0.1) is 12.8 Å². The van der Waals surface area contributed by atoms with E-state index in [1.54, 1.807) is 0 Å². The average Bonchev–Trinajstić information content (AvgIpc) is 2.67. The molecular formula is C24H26N2O. The van der Waals surface area contributed by atoms with Crippen LogP contribution in [0, 0.1) is 0 Å². The SMILES string of the molecule is CC(C)(C)c1ccc(Oc2ccc(C=NNCc3ccccc3)cc2)cc1. The van der Waals surface area contributed by atoms with Crippen molar-refractivity contribution in [2.24, 2.45) is 5.10 Å². The molecule has 0 atom stereocenters. The van der Waals surface area contributed by atoms with Gasteiger partial charge in [-0.3, -0.25) is 0 Å². The summed E-state index contributed by atoms with van der Waals surface area (Å²) in [7, 11) is 0. The molecule has 3 nitrogen and oxygen atoms in total. The maximum absolute atomic E-state index is 5.92. The van der Waals surface area contributed by atoms with Gasteiger partial charge in [-0.25, -0.2) is 0 Å². The van der Waals surface area contributed by atoms with Crippen molar-refractivity contribution in [3.8, 4) is 11.5 Å². The first-order valence-corrected chi connectivity index (χ1v) is 9.19. The van der Waals surface area contributed by atoms with Crippen molar-refractivity contribution in [2.45, 2.75) is 32.7 Å². The van der Waals surface area contributed by atoms with Gasteiger partial charge in [-0.1, -0.05) is 63.2 Å². The predicted molar refractivity (Wildman–Crippen MR) is 113 cm³/mol. The summed E-state index contributed by atoms with van der Waals surface area (Å²) in [4.78, 5) is 0. The van der Waals surface area contributed by atoms with Crippen molar-refractivity contribution in [3.05, 3.63) is 95.6 Å². The van der Waals surface area contributed by atoms with Crippen LogP contribution in [0.25, 0.3) is 0 Å². The lowest BCUT2D eigenvalue weighted by Crippen LogP contribution is -2.10. The number of hydrazone groups is 1. The molecule has 0 aliphatic rings. The fraction of sp³-hybridized carbons (Fsp3) is 0.208. The first kappa shape index (κ1) is 18.7. The lowest BCUT2D eigenvalue weighted by molar-refractivity contribution is 0.481. The van der Waals surface area contributed by atoms with Gasteiger partial charge in [0, 0.05) is 0 Å². The summed E-state index contributed by atoms with van der Waals surface area (Å²) >= 11 is 0. The van der Waals surface area contributed by atoms with Gasteiger partial charge in [0.15, 0.2) is 0 Å². The molecule has 0 radical (unpaired) electrons. The molecule has 27 heavy (non-hydrogen) atoms. The van der Waals surface area contributed by atoms with Crippen LogP contribution in [0.4, 0.5) is 0 Å². The molecule has 0 amide bonds. The Morgan fingerprint density at radius 3 is 2.00 bits per heavy atom. The zero-order chi connectivity index (χ0) is 19.1. The van der Waals surface area contributed by atoms with Gasteiger partial charge in [-0.15, -0.1) is 0 Å². The molecule has 0 aromatic heterocycles. The minimum Gasteiger partial charge on any atom is -0.457 e. The fourth-order valence-electron chi connectivity index (χ4n) is 2.63. The van der Waals surface area contributed by atoms with Crippen LogP contribution in [0.3, 0.4) is 0 Å². The first-order valence-electron chi connectivity index (χ1n) is 9.19. The number of ether oxygens (including phenoxy) is 1. The molecule has 0 bridgehead atoms. The topological polar surface area (TPSA) is 33.6 Å². The van der Waals surface area contributed by atoms with Crippen molar-refractivity contribution in [3.63, 3.8) is 0 Å². The zero-order valence-corrected chi connectivity index (χ0v) is 16.1. The molecule has 0 unspecified atom stereocenters. The van der Waals surface area contributed by atoms with E-state index in [2.05, 4.69) is 55.6 Å². The molecule has 0 heterocycles. The second kappa shape index (κ2) is 8.54. The molecule has 3 aromatic carbocycles. The second-order valence-electron chi connectivity index (χ2n) is 7.52. The highest BCUT2D eigenvalue weighted by molar-refractivity contribution is 5.79. The van der Waals surface area contributed by atoms with E-state index in [0.29, 0.717) is 6.54 Å². The van der Waals surface area contributed by atoms with Crippen LogP contribution in [-0.4, -0.2) is 6.21 Å². The summed E-state index contributed by atoms with van der Waals surface area (Å²) < 4.78 is 5.92. The minimum atomic E-state index is 0.147. The number of benzene rings is 3. The molecule has 1 N–H and O–H groups in total. The molecule has 138 valence electrons. The fourth-order valence-corrected chi connectivity index (χ4v) is 2.63. The summed E-state index contributed by atoms with van der Waals surface area (Å²) in [6, 6.07) is 26.4. The van der Waals surface area contributed by atoms with Gasteiger partial charge in [-0.2, -0.15) is 5.10 Å². The Labute approximate surface area is 161 Å². The maximum atomic E-state index is 5.92. The van der Waals surface area contributed by atoms with Gasteiger partial charge in [0.2, 0.25) is 0 Å². The highest BCUT2D eigenvalue weighted by Crippen LogP contribution is 2.26. The predicted octanol–water partition coefficient (Wildman–Crippen LogP) is 5.90. The van der Waals surface area contributed by atoms with Crippen LogP contribution in [0.5, 0.6) is 11.5 Å². The Hall–Kier alpha value is -3.07.